The van der Waals surface area contributed by atoms with Crippen molar-refractivity contribution in [2.24, 2.45) is 0 Å². The summed E-state index contributed by atoms with van der Waals surface area (Å²) in [6, 6.07) is 8.21. The summed E-state index contributed by atoms with van der Waals surface area (Å²) in [5.74, 6) is 0.928. The zero-order valence-electron chi connectivity index (χ0n) is 11.3. The van der Waals surface area contributed by atoms with Crippen LogP contribution < -0.4 is 10.1 Å². The molecule has 0 aliphatic carbocycles. The van der Waals surface area contributed by atoms with E-state index < -0.39 is 0 Å². The Labute approximate surface area is 115 Å². The smallest absolute Gasteiger partial charge is 0.119 e. The summed E-state index contributed by atoms with van der Waals surface area (Å²) in [6.45, 7) is 6.17. The molecule has 1 aliphatic rings. The molecule has 0 unspecified atom stereocenters. The zero-order valence-corrected chi connectivity index (χ0v) is 11.3. The van der Waals surface area contributed by atoms with Gasteiger partial charge in [-0.05, 0) is 30.7 Å². The van der Waals surface area contributed by atoms with Crippen molar-refractivity contribution in [1.29, 1.82) is 0 Å². The first-order valence-corrected chi connectivity index (χ1v) is 6.84. The number of hydrogen-bond acceptors (Lipinski definition) is 4. The molecule has 0 atom stereocenters. The van der Waals surface area contributed by atoms with Crippen molar-refractivity contribution in [2.45, 2.75) is 6.42 Å². The van der Waals surface area contributed by atoms with E-state index in [0.717, 1.165) is 58.2 Å². The second kappa shape index (κ2) is 8.15. The number of ether oxygens (including phenoxy) is 2. The standard InChI is InChI=1S/C15H22N2O2/c1-16-7-6-14-2-4-15(5-3-14)19-13-10-17-8-11-18-12-9-17/h1-5,16H,6-13H2. The summed E-state index contributed by atoms with van der Waals surface area (Å²) in [6.07, 6.45) is 0.935. The molecule has 1 aromatic carbocycles. The molecule has 1 aromatic rings. The van der Waals surface area contributed by atoms with Crippen LogP contribution in [0.1, 0.15) is 5.56 Å². The van der Waals surface area contributed by atoms with Crippen molar-refractivity contribution in [2.75, 3.05) is 46.0 Å². The van der Waals surface area contributed by atoms with Crippen LogP contribution >= 0.6 is 0 Å². The zero-order chi connectivity index (χ0) is 13.3. The molecular formula is C15H22N2O2. The maximum absolute atomic E-state index is 5.75. The number of nitrogens with zero attached hydrogens (tertiary/aromatic N) is 1. The van der Waals surface area contributed by atoms with Gasteiger partial charge in [0.25, 0.3) is 0 Å². The second-order valence-electron chi connectivity index (χ2n) is 4.65. The van der Waals surface area contributed by atoms with Crippen molar-refractivity contribution in [3.05, 3.63) is 36.9 Å². The third-order valence-corrected chi connectivity index (χ3v) is 3.26. The molecule has 19 heavy (non-hydrogen) atoms. The summed E-state index contributed by atoms with van der Waals surface area (Å²) < 4.78 is 11.1. The lowest BCUT2D eigenvalue weighted by molar-refractivity contribution is 0.0322. The van der Waals surface area contributed by atoms with E-state index in [0.29, 0.717) is 0 Å². The molecule has 1 heterocycles. The van der Waals surface area contributed by atoms with E-state index in [-0.39, 0.29) is 0 Å². The Morgan fingerprint density at radius 2 is 1.95 bits per heavy atom. The Hall–Kier alpha value is -1.10. The Morgan fingerprint density at radius 3 is 2.63 bits per heavy atom. The van der Waals surface area contributed by atoms with Gasteiger partial charge in [-0.3, -0.25) is 4.90 Å². The normalized spacial score (nSPS) is 16.5. The fourth-order valence-electron chi connectivity index (χ4n) is 2.09. The maximum Gasteiger partial charge on any atom is 0.119 e. The van der Waals surface area contributed by atoms with Crippen LogP contribution in [0.15, 0.2) is 24.3 Å². The topological polar surface area (TPSA) is 33.7 Å². The molecule has 1 fully saturated rings. The van der Waals surface area contributed by atoms with Crippen LogP contribution in [0.4, 0.5) is 0 Å². The minimum Gasteiger partial charge on any atom is -0.492 e. The molecule has 2 radical (unpaired) electrons. The highest BCUT2D eigenvalue weighted by Gasteiger charge is 2.09. The number of rotatable bonds is 7. The molecular weight excluding hydrogens is 240 g/mol. The van der Waals surface area contributed by atoms with Gasteiger partial charge >= 0.3 is 0 Å². The van der Waals surface area contributed by atoms with E-state index in [1.807, 2.05) is 12.1 Å². The quantitative estimate of drug-likeness (QED) is 0.749. The molecule has 4 heteroatoms. The van der Waals surface area contributed by atoms with Crippen LogP contribution in [-0.2, 0) is 11.2 Å². The largest absolute Gasteiger partial charge is 0.492 e. The van der Waals surface area contributed by atoms with Crippen LogP contribution in [0, 0.1) is 7.05 Å². The van der Waals surface area contributed by atoms with E-state index in [1.165, 1.54) is 5.56 Å². The number of nitrogens with one attached hydrogen (secondary N) is 1. The SMILES string of the molecule is [CH]NCCc1ccc(OCCN2CCOCC2)cc1. The van der Waals surface area contributed by atoms with Gasteiger partial charge in [0.2, 0.25) is 0 Å². The molecule has 0 amide bonds. The summed E-state index contributed by atoms with van der Waals surface area (Å²) in [4.78, 5) is 2.37. The van der Waals surface area contributed by atoms with Gasteiger partial charge in [-0.1, -0.05) is 12.1 Å². The van der Waals surface area contributed by atoms with Gasteiger partial charge in [-0.25, -0.2) is 0 Å². The van der Waals surface area contributed by atoms with Gasteiger partial charge in [0.1, 0.15) is 12.4 Å². The molecule has 1 saturated heterocycles. The van der Waals surface area contributed by atoms with Crippen LogP contribution in [0.5, 0.6) is 5.75 Å². The van der Waals surface area contributed by atoms with Gasteiger partial charge in [0.15, 0.2) is 0 Å². The molecule has 4 nitrogen and oxygen atoms in total. The molecule has 0 saturated carbocycles. The average molecular weight is 262 g/mol. The molecule has 1 N–H and O–H groups in total. The van der Waals surface area contributed by atoms with Gasteiger partial charge < -0.3 is 14.8 Å². The van der Waals surface area contributed by atoms with Gasteiger partial charge in [-0.15, -0.1) is 0 Å². The van der Waals surface area contributed by atoms with Crippen molar-refractivity contribution in [1.82, 2.24) is 10.2 Å². The van der Waals surface area contributed by atoms with Gasteiger partial charge in [0, 0.05) is 26.7 Å². The number of morpholine rings is 1. The highest BCUT2D eigenvalue weighted by Crippen LogP contribution is 2.12. The summed E-state index contributed by atoms with van der Waals surface area (Å²) >= 11 is 0. The molecule has 2 rings (SSSR count). The van der Waals surface area contributed by atoms with Gasteiger partial charge in [0.05, 0.1) is 13.2 Å². The van der Waals surface area contributed by atoms with Crippen molar-refractivity contribution >= 4 is 0 Å². The van der Waals surface area contributed by atoms with Crippen LogP contribution in [0.3, 0.4) is 0 Å². The second-order valence-corrected chi connectivity index (χ2v) is 4.65. The Bertz CT molecular complexity index is 348. The third kappa shape index (κ3) is 5.19. The van der Waals surface area contributed by atoms with E-state index >= 15 is 0 Å². The molecule has 0 spiro atoms. The average Bonchev–Trinajstić information content (AvgIpc) is 2.47. The number of hydrogen-bond donors (Lipinski definition) is 1. The third-order valence-electron chi connectivity index (χ3n) is 3.26. The van der Waals surface area contributed by atoms with Crippen LogP contribution in [0.25, 0.3) is 0 Å². The lowest BCUT2D eigenvalue weighted by Gasteiger charge is -2.26. The van der Waals surface area contributed by atoms with Crippen molar-refractivity contribution in [3.63, 3.8) is 0 Å². The molecule has 0 aromatic heterocycles. The Kier molecular flexibility index (Phi) is 6.14. The summed E-state index contributed by atoms with van der Waals surface area (Å²) in [7, 11) is 5.25. The first-order valence-electron chi connectivity index (χ1n) is 6.84. The molecule has 0 bridgehead atoms. The predicted octanol–water partition coefficient (Wildman–Crippen LogP) is 1.20. The van der Waals surface area contributed by atoms with Crippen molar-refractivity contribution < 1.29 is 9.47 Å². The minimum atomic E-state index is 0.726. The number of benzene rings is 1. The lowest BCUT2D eigenvalue weighted by atomic mass is 10.1. The Balaban J connectivity index is 1.67. The van der Waals surface area contributed by atoms with E-state index in [2.05, 4.69) is 22.3 Å². The lowest BCUT2D eigenvalue weighted by Crippen LogP contribution is -2.38. The summed E-state index contributed by atoms with van der Waals surface area (Å²) in [5, 5.41) is 2.65. The first kappa shape index (κ1) is 14.3. The van der Waals surface area contributed by atoms with Crippen molar-refractivity contribution in [3.8, 4) is 5.75 Å². The minimum absolute atomic E-state index is 0.726. The highest BCUT2D eigenvalue weighted by atomic mass is 16.5. The van der Waals surface area contributed by atoms with E-state index in [9.17, 15) is 0 Å². The van der Waals surface area contributed by atoms with Crippen LogP contribution in [-0.4, -0.2) is 50.9 Å². The fraction of sp³-hybridized carbons (Fsp3) is 0.533. The Morgan fingerprint density at radius 1 is 1.21 bits per heavy atom. The molecule has 1 aliphatic heterocycles. The first-order chi connectivity index (χ1) is 9.38. The fourth-order valence-corrected chi connectivity index (χ4v) is 2.09. The summed E-state index contributed by atoms with van der Waals surface area (Å²) in [5.41, 5.74) is 1.26. The van der Waals surface area contributed by atoms with E-state index in [1.54, 1.807) is 0 Å². The maximum atomic E-state index is 5.75. The van der Waals surface area contributed by atoms with E-state index in [4.69, 9.17) is 16.5 Å². The van der Waals surface area contributed by atoms with Crippen LogP contribution in [0.2, 0.25) is 0 Å². The molecule has 104 valence electrons. The highest BCUT2D eigenvalue weighted by molar-refractivity contribution is 5.27. The van der Waals surface area contributed by atoms with Gasteiger partial charge in [-0.2, -0.15) is 0 Å². The monoisotopic (exact) mass is 262 g/mol. The predicted molar refractivity (Wildman–Crippen MR) is 75.2 cm³/mol.